The van der Waals surface area contributed by atoms with Crippen molar-refractivity contribution in [3.05, 3.63) is 20.8 Å². The highest BCUT2D eigenvalue weighted by atomic mass is 79.9. The molecule has 0 saturated carbocycles. The molecule has 1 rings (SSSR count). The monoisotopic (exact) mass is 292 g/mol. The van der Waals surface area contributed by atoms with Crippen LogP contribution in [0.2, 0.25) is 0 Å². The Balaban J connectivity index is 2.32. The van der Waals surface area contributed by atoms with Gasteiger partial charge in [-0.25, -0.2) is 0 Å². The number of rotatable bonds is 6. The number of aliphatic hydroxyl groups is 1. The van der Waals surface area contributed by atoms with E-state index in [-0.39, 0.29) is 6.10 Å². The van der Waals surface area contributed by atoms with E-state index in [9.17, 15) is 5.11 Å². The van der Waals surface area contributed by atoms with E-state index in [1.165, 1.54) is 4.88 Å². The second-order valence-corrected chi connectivity index (χ2v) is 6.41. The number of hydrogen-bond acceptors (Lipinski definition) is 3. The van der Waals surface area contributed by atoms with Gasteiger partial charge in [-0.2, -0.15) is 0 Å². The normalized spacial score (nSPS) is 15.2. The van der Waals surface area contributed by atoms with E-state index in [0.29, 0.717) is 12.5 Å². The lowest BCUT2D eigenvalue weighted by atomic mass is 10.0. The second kappa shape index (κ2) is 6.63. The van der Waals surface area contributed by atoms with Gasteiger partial charge in [-0.1, -0.05) is 6.92 Å². The Morgan fingerprint density at radius 1 is 1.53 bits per heavy atom. The Bertz CT molecular complexity index is 288. The molecule has 0 amide bonds. The molecule has 0 fully saturated rings. The standard InChI is InChI=1S/C11H17BrO2S/c1-8(7-14-2)5-9(13)6-10-3-4-11(12)15-10/h3-4,8-9,13H,5-7H2,1-2H3. The summed E-state index contributed by atoms with van der Waals surface area (Å²) in [5.41, 5.74) is 0. The van der Waals surface area contributed by atoms with Crippen molar-refractivity contribution in [2.75, 3.05) is 13.7 Å². The average Bonchev–Trinajstić information content (AvgIpc) is 2.51. The maximum Gasteiger partial charge on any atom is 0.0701 e. The van der Waals surface area contributed by atoms with Crippen LogP contribution in [-0.2, 0) is 11.2 Å². The highest BCUT2D eigenvalue weighted by Crippen LogP contribution is 2.24. The van der Waals surface area contributed by atoms with E-state index in [2.05, 4.69) is 28.9 Å². The lowest BCUT2D eigenvalue weighted by Crippen LogP contribution is -2.16. The molecule has 15 heavy (non-hydrogen) atoms. The summed E-state index contributed by atoms with van der Waals surface area (Å²) in [4.78, 5) is 1.22. The van der Waals surface area contributed by atoms with Gasteiger partial charge in [0.05, 0.1) is 9.89 Å². The van der Waals surface area contributed by atoms with Crippen LogP contribution >= 0.6 is 27.3 Å². The fourth-order valence-corrected chi connectivity index (χ4v) is 3.15. The van der Waals surface area contributed by atoms with E-state index in [4.69, 9.17) is 4.74 Å². The molecule has 0 aliphatic rings. The molecule has 1 N–H and O–H groups in total. The van der Waals surface area contributed by atoms with E-state index in [0.717, 1.165) is 16.6 Å². The number of methoxy groups -OCH3 is 1. The maximum atomic E-state index is 9.84. The minimum absolute atomic E-state index is 0.263. The summed E-state index contributed by atoms with van der Waals surface area (Å²) in [6.45, 7) is 2.81. The molecule has 1 aromatic heterocycles. The van der Waals surface area contributed by atoms with E-state index in [1.807, 2.05) is 6.07 Å². The minimum Gasteiger partial charge on any atom is -0.393 e. The van der Waals surface area contributed by atoms with Crippen LogP contribution in [0.4, 0.5) is 0 Å². The number of ether oxygens (including phenoxy) is 1. The molecule has 2 unspecified atom stereocenters. The second-order valence-electron chi connectivity index (χ2n) is 3.86. The molecule has 2 atom stereocenters. The van der Waals surface area contributed by atoms with E-state index < -0.39 is 0 Å². The topological polar surface area (TPSA) is 29.5 Å². The van der Waals surface area contributed by atoms with Crippen molar-refractivity contribution in [2.45, 2.75) is 25.9 Å². The molecule has 0 saturated heterocycles. The van der Waals surface area contributed by atoms with Crippen LogP contribution in [0.1, 0.15) is 18.2 Å². The predicted molar refractivity (Wildman–Crippen MR) is 67.4 cm³/mol. The first-order valence-electron chi connectivity index (χ1n) is 5.03. The van der Waals surface area contributed by atoms with Crippen molar-refractivity contribution < 1.29 is 9.84 Å². The molecule has 0 radical (unpaired) electrons. The van der Waals surface area contributed by atoms with Crippen LogP contribution in [-0.4, -0.2) is 24.9 Å². The third kappa shape index (κ3) is 5.11. The molecule has 0 bridgehead atoms. The molecular weight excluding hydrogens is 276 g/mol. The first-order chi connectivity index (χ1) is 7.11. The van der Waals surface area contributed by atoms with Gasteiger partial charge < -0.3 is 9.84 Å². The minimum atomic E-state index is -0.263. The fraction of sp³-hybridized carbons (Fsp3) is 0.636. The summed E-state index contributed by atoms with van der Waals surface area (Å²) in [5.74, 6) is 0.411. The number of thiophene rings is 1. The number of aliphatic hydroxyl groups excluding tert-OH is 1. The van der Waals surface area contributed by atoms with Gasteiger partial charge in [0.2, 0.25) is 0 Å². The zero-order chi connectivity index (χ0) is 11.3. The molecule has 0 aliphatic carbocycles. The van der Waals surface area contributed by atoms with E-state index in [1.54, 1.807) is 18.4 Å². The third-order valence-corrected chi connectivity index (χ3v) is 3.84. The lowest BCUT2D eigenvalue weighted by molar-refractivity contribution is 0.102. The molecule has 1 heterocycles. The average molecular weight is 293 g/mol. The first-order valence-corrected chi connectivity index (χ1v) is 6.64. The zero-order valence-electron chi connectivity index (χ0n) is 9.07. The Morgan fingerprint density at radius 2 is 2.27 bits per heavy atom. The number of hydrogen-bond donors (Lipinski definition) is 1. The maximum absolute atomic E-state index is 9.84. The van der Waals surface area contributed by atoms with Gasteiger partial charge in [0, 0.05) is 25.0 Å². The van der Waals surface area contributed by atoms with Crippen LogP contribution in [0.15, 0.2) is 15.9 Å². The molecule has 86 valence electrons. The van der Waals surface area contributed by atoms with Crippen LogP contribution in [0, 0.1) is 5.92 Å². The highest BCUT2D eigenvalue weighted by molar-refractivity contribution is 9.11. The molecule has 0 spiro atoms. The van der Waals surface area contributed by atoms with Crippen molar-refractivity contribution in [1.82, 2.24) is 0 Å². The van der Waals surface area contributed by atoms with Crippen LogP contribution in [0.3, 0.4) is 0 Å². The van der Waals surface area contributed by atoms with Crippen LogP contribution in [0.25, 0.3) is 0 Å². The molecule has 0 aromatic carbocycles. The van der Waals surface area contributed by atoms with Gasteiger partial charge in [0.1, 0.15) is 0 Å². The Labute approximate surface area is 103 Å². The summed E-state index contributed by atoms with van der Waals surface area (Å²) >= 11 is 5.10. The summed E-state index contributed by atoms with van der Waals surface area (Å²) in [6, 6.07) is 4.07. The smallest absolute Gasteiger partial charge is 0.0701 e. The van der Waals surface area contributed by atoms with Gasteiger partial charge in [-0.15, -0.1) is 11.3 Å². The first kappa shape index (κ1) is 13.2. The quantitative estimate of drug-likeness (QED) is 0.873. The zero-order valence-corrected chi connectivity index (χ0v) is 11.5. The van der Waals surface area contributed by atoms with Gasteiger partial charge in [-0.3, -0.25) is 0 Å². The van der Waals surface area contributed by atoms with Crippen molar-refractivity contribution in [1.29, 1.82) is 0 Å². The van der Waals surface area contributed by atoms with Crippen LogP contribution < -0.4 is 0 Å². The van der Waals surface area contributed by atoms with Crippen molar-refractivity contribution in [3.8, 4) is 0 Å². The van der Waals surface area contributed by atoms with Crippen LogP contribution in [0.5, 0.6) is 0 Å². The van der Waals surface area contributed by atoms with Gasteiger partial charge in [0.25, 0.3) is 0 Å². The van der Waals surface area contributed by atoms with Gasteiger partial charge in [0.15, 0.2) is 0 Å². The van der Waals surface area contributed by atoms with Gasteiger partial charge >= 0.3 is 0 Å². The molecule has 2 nitrogen and oxygen atoms in total. The van der Waals surface area contributed by atoms with E-state index >= 15 is 0 Å². The highest BCUT2D eigenvalue weighted by Gasteiger charge is 2.11. The molecule has 0 aliphatic heterocycles. The molecular formula is C11H17BrO2S. The molecule has 1 aromatic rings. The summed E-state index contributed by atoms with van der Waals surface area (Å²) in [5, 5.41) is 9.84. The Morgan fingerprint density at radius 3 is 2.80 bits per heavy atom. The largest absolute Gasteiger partial charge is 0.393 e. The van der Waals surface area contributed by atoms with Crippen molar-refractivity contribution in [3.63, 3.8) is 0 Å². The SMILES string of the molecule is COCC(C)CC(O)Cc1ccc(Br)s1. The van der Waals surface area contributed by atoms with Gasteiger partial charge in [-0.05, 0) is 40.4 Å². The summed E-state index contributed by atoms with van der Waals surface area (Å²) in [6.07, 6.45) is 1.27. The number of halogens is 1. The summed E-state index contributed by atoms with van der Waals surface area (Å²) in [7, 11) is 1.69. The van der Waals surface area contributed by atoms with Crippen molar-refractivity contribution in [2.24, 2.45) is 5.92 Å². The van der Waals surface area contributed by atoms with Crippen molar-refractivity contribution >= 4 is 27.3 Å². The summed E-state index contributed by atoms with van der Waals surface area (Å²) < 4.78 is 6.16. The Kier molecular flexibility index (Phi) is 5.82. The third-order valence-electron chi connectivity index (χ3n) is 2.19. The molecule has 4 heteroatoms. The Hall–Kier alpha value is 0.1000. The predicted octanol–water partition coefficient (Wildman–Crippen LogP) is 3.09. The lowest BCUT2D eigenvalue weighted by Gasteiger charge is -2.14. The fourth-order valence-electron chi connectivity index (χ4n) is 1.59.